The fraction of sp³-hybridized carbons (Fsp3) is 0.227. The number of benzene rings is 3. The number of ether oxygens (including phenoxy) is 6. The Balaban J connectivity index is 1.95. The molecule has 0 fully saturated rings. The molecule has 1 N–H and O–H groups in total. The van der Waals surface area contributed by atoms with Crippen molar-refractivity contribution in [3.8, 4) is 45.6 Å². The molecule has 2 heterocycles. The summed E-state index contributed by atoms with van der Waals surface area (Å²) in [5, 5.41) is 12.0. The van der Waals surface area contributed by atoms with Gasteiger partial charge in [-0.15, -0.1) is 0 Å². The van der Waals surface area contributed by atoms with Gasteiger partial charge in [0.2, 0.25) is 12.5 Å². The molecule has 0 spiro atoms. The maximum absolute atomic E-state index is 12.7. The van der Waals surface area contributed by atoms with Gasteiger partial charge in [0.05, 0.1) is 32.3 Å². The van der Waals surface area contributed by atoms with Crippen molar-refractivity contribution < 1.29 is 38.3 Å². The highest BCUT2D eigenvalue weighted by atomic mass is 16.7. The number of phenols is 1. The fourth-order valence-corrected chi connectivity index (χ4v) is 4.10. The van der Waals surface area contributed by atoms with E-state index in [2.05, 4.69) is 0 Å². The summed E-state index contributed by atoms with van der Waals surface area (Å²) in [4.78, 5) is 12.7. The number of phenolic OH excluding ortho intramolecular Hbond substituents is 1. The first-order chi connectivity index (χ1) is 14.6. The first-order valence-electron chi connectivity index (χ1n) is 9.16. The van der Waals surface area contributed by atoms with Crippen molar-refractivity contribution in [3.63, 3.8) is 0 Å². The summed E-state index contributed by atoms with van der Waals surface area (Å²) < 4.78 is 32.6. The Morgan fingerprint density at radius 3 is 2.40 bits per heavy atom. The third kappa shape index (κ3) is 2.36. The number of carbonyl (C=O) groups is 1. The molecule has 5 rings (SSSR count). The van der Waals surface area contributed by atoms with Crippen LogP contribution in [0.5, 0.6) is 34.5 Å². The van der Waals surface area contributed by atoms with E-state index < -0.39 is 5.97 Å². The topological polar surface area (TPSA) is 92.7 Å². The second-order valence-electron chi connectivity index (χ2n) is 6.79. The molecular formula is C22H18O8. The van der Waals surface area contributed by atoms with E-state index in [0.29, 0.717) is 56.0 Å². The molecule has 0 aliphatic carbocycles. The number of methoxy groups -OCH3 is 3. The number of aromatic hydroxyl groups is 1. The van der Waals surface area contributed by atoms with E-state index in [4.69, 9.17) is 28.4 Å². The average molecular weight is 410 g/mol. The molecule has 154 valence electrons. The summed E-state index contributed by atoms with van der Waals surface area (Å²) >= 11 is 0. The largest absolute Gasteiger partial charge is 0.504 e. The van der Waals surface area contributed by atoms with Crippen molar-refractivity contribution in [1.29, 1.82) is 0 Å². The maximum atomic E-state index is 12.7. The van der Waals surface area contributed by atoms with E-state index in [1.54, 1.807) is 18.2 Å². The third-order valence-electron chi connectivity index (χ3n) is 5.38. The fourth-order valence-electron chi connectivity index (χ4n) is 4.10. The van der Waals surface area contributed by atoms with Crippen molar-refractivity contribution in [2.45, 2.75) is 6.61 Å². The Bertz CT molecular complexity index is 1210. The Labute approximate surface area is 171 Å². The van der Waals surface area contributed by atoms with Crippen molar-refractivity contribution in [1.82, 2.24) is 0 Å². The molecule has 3 aromatic rings. The molecule has 0 amide bonds. The second-order valence-corrected chi connectivity index (χ2v) is 6.79. The van der Waals surface area contributed by atoms with Gasteiger partial charge < -0.3 is 33.5 Å². The Morgan fingerprint density at radius 1 is 0.900 bits per heavy atom. The van der Waals surface area contributed by atoms with Gasteiger partial charge >= 0.3 is 5.97 Å². The molecule has 0 bridgehead atoms. The molecule has 0 saturated heterocycles. The summed E-state index contributed by atoms with van der Waals surface area (Å²) in [6.07, 6.45) is 0. The predicted octanol–water partition coefficient (Wildman–Crippen LogP) is 3.64. The van der Waals surface area contributed by atoms with Crippen LogP contribution in [0.15, 0.2) is 24.3 Å². The van der Waals surface area contributed by atoms with Crippen LogP contribution in [-0.2, 0) is 11.3 Å². The van der Waals surface area contributed by atoms with Gasteiger partial charge in [0, 0.05) is 16.5 Å². The smallest absolute Gasteiger partial charge is 0.339 e. The van der Waals surface area contributed by atoms with Crippen molar-refractivity contribution >= 4 is 16.7 Å². The molecule has 2 aliphatic rings. The summed E-state index contributed by atoms with van der Waals surface area (Å²) in [5.74, 6) is 1.43. The van der Waals surface area contributed by atoms with Crippen LogP contribution in [0.1, 0.15) is 15.9 Å². The SMILES string of the molecule is COc1cc2c(-c3ccc4c(c3)OCO4)c3c(c(OC)c2c(O)c1OC)COC3=O. The van der Waals surface area contributed by atoms with Crippen LogP contribution in [0.4, 0.5) is 0 Å². The van der Waals surface area contributed by atoms with Gasteiger partial charge in [-0.05, 0) is 23.8 Å². The lowest BCUT2D eigenvalue weighted by atomic mass is 9.88. The maximum Gasteiger partial charge on any atom is 0.339 e. The average Bonchev–Trinajstić information content (AvgIpc) is 3.38. The second kappa shape index (κ2) is 6.62. The minimum atomic E-state index is -0.466. The van der Waals surface area contributed by atoms with Crippen molar-refractivity contribution in [3.05, 3.63) is 35.4 Å². The highest BCUT2D eigenvalue weighted by molar-refractivity contribution is 6.15. The number of fused-ring (bicyclic) bond motifs is 3. The summed E-state index contributed by atoms with van der Waals surface area (Å²) in [5.41, 5.74) is 2.22. The highest BCUT2D eigenvalue weighted by Crippen LogP contribution is 2.53. The highest BCUT2D eigenvalue weighted by Gasteiger charge is 2.34. The predicted molar refractivity (Wildman–Crippen MR) is 106 cm³/mol. The zero-order valence-corrected chi connectivity index (χ0v) is 16.5. The number of carbonyl (C=O) groups excluding carboxylic acids is 1. The van der Waals surface area contributed by atoms with E-state index >= 15 is 0 Å². The monoisotopic (exact) mass is 410 g/mol. The van der Waals surface area contributed by atoms with E-state index in [-0.39, 0.29) is 24.9 Å². The number of hydrogen-bond acceptors (Lipinski definition) is 8. The number of hydrogen-bond donors (Lipinski definition) is 1. The molecule has 8 nitrogen and oxygen atoms in total. The molecule has 0 saturated carbocycles. The van der Waals surface area contributed by atoms with E-state index in [1.165, 1.54) is 21.3 Å². The minimum absolute atomic E-state index is 0.0403. The van der Waals surface area contributed by atoms with Crippen LogP contribution < -0.4 is 23.7 Å². The minimum Gasteiger partial charge on any atom is -0.504 e. The Morgan fingerprint density at radius 2 is 1.67 bits per heavy atom. The third-order valence-corrected chi connectivity index (χ3v) is 5.38. The van der Waals surface area contributed by atoms with Gasteiger partial charge in [0.1, 0.15) is 12.4 Å². The molecule has 3 aromatic carbocycles. The normalized spacial score (nSPS) is 13.9. The van der Waals surface area contributed by atoms with Gasteiger partial charge in [-0.1, -0.05) is 6.07 Å². The first-order valence-corrected chi connectivity index (χ1v) is 9.16. The lowest BCUT2D eigenvalue weighted by molar-refractivity contribution is 0.0535. The van der Waals surface area contributed by atoms with Gasteiger partial charge in [-0.25, -0.2) is 4.79 Å². The van der Waals surface area contributed by atoms with Crippen molar-refractivity contribution in [2.75, 3.05) is 28.1 Å². The summed E-state index contributed by atoms with van der Waals surface area (Å²) in [6.45, 7) is 0.173. The van der Waals surface area contributed by atoms with Crippen LogP contribution in [-0.4, -0.2) is 39.2 Å². The van der Waals surface area contributed by atoms with Crippen LogP contribution in [0, 0.1) is 0 Å². The summed E-state index contributed by atoms with van der Waals surface area (Å²) in [6, 6.07) is 7.11. The van der Waals surface area contributed by atoms with Gasteiger partial charge in [-0.3, -0.25) is 0 Å². The van der Waals surface area contributed by atoms with Crippen LogP contribution >= 0.6 is 0 Å². The molecule has 0 aromatic heterocycles. The number of cyclic esters (lactones) is 1. The zero-order valence-electron chi connectivity index (χ0n) is 16.5. The van der Waals surface area contributed by atoms with E-state index in [9.17, 15) is 9.90 Å². The molecule has 2 aliphatic heterocycles. The Hall–Kier alpha value is -3.81. The standard InChI is InChI=1S/C22H18O8/c1-25-15-7-11-16(10-4-5-13-14(6-10)30-9-29-13)17-12(8-28-22(17)24)20(26-2)18(11)19(23)21(15)27-3/h4-7,23H,8-9H2,1-3H3. The molecule has 0 unspecified atom stereocenters. The first kappa shape index (κ1) is 18.2. The van der Waals surface area contributed by atoms with Crippen LogP contribution in [0.2, 0.25) is 0 Å². The molecule has 8 heteroatoms. The zero-order chi connectivity index (χ0) is 21.0. The lowest BCUT2D eigenvalue weighted by Gasteiger charge is -2.19. The van der Waals surface area contributed by atoms with Gasteiger partial charge in [-0.2, -0.15) is 0 Å². The summed E-state index contributed by atoms with van der Waals surface area (Å²) in [7, 11) is 4.39. The van der Waals surface area contributed by atoms with Gasteiger partial charge in [0.25, 0.3) is 0 Å². The molecule has 0 atom stereocenters. The van der Waals surface area contributed by atoms with E-state index in [1.807, 2.05) is 6.07 Å². The molecular weight excluding hydrogens is 392 g/mol. The quantitative estimate of drug-likeness (QED) is 0.652. The van der Waals surface area contributed by atoms with Gasteiger partial charge in [0.15, 0.2) is 23.0 Å². The van der Waals surface area contributed by atoms with Crippen molar-refractivity contribution in [2.24, 2.45) is 0 Å². The van der Waals surface area contributed by atoms with Crippen LogP contribution in [0.3, 0.4) is 0 Å². The number of rotatable bonds is 4. The van der Waals surface area contributed by atoms with Crippen LogP contribution in [0.25, 0.3) is 21.9 Å². The molecule has 0 radical (unpaired) electrons. The lowest BCUT2D eigenvalue weighted by Crippen LogP contribution is -2.02. The Kier molecular flexibility index (Phi) is 4.02. The number of esters is 1. The molecule has 30 heavy (non-hydrogen) atoms. The van der Waals surface area contributed by atoms with E-state index in [0.717, 1.165) is 0 Å².